The number of nitrogens with zero attached hydrogens (tertiary/aromatic N) is 4. The van der Waals surface area contributed by atoms with E-state index >= 15 is 0 Å². The number of carbonyl (C=O) groups excluding carboxylic acids is 1. The number of aromatic nitrogens is 4. The standard InChI is InChI=1S/C20H23N5O2/c1-4-14-8-6-9-15(5-2)19(14)21-18(26)13-25-23-20(22-24-25)16-10-7-11-17(12-16)27-3/h6-12H,4-5,13H2,1-3H3,(H,21,26). The first-order valence-corrected chi connectivity index (χ1v) is 8.97. The number of carbonyl (C=O) groups is 1. The number of hydrogen-bond acceptors (Lipinski definition) is 5. The van der Waals surface area contributed by atoms with Gasteiger partial charge in [0.1, 0.15) is 12.3 Å². The van der Waals surface area contributed by atoms with Crippen molar-refractivity contribution in [2.24, 2.45) is 0 Å². The number of amides is 1. The quantitative estimate of drug-likeness (QED) is 0.696. The maximum atomic E-state index is 12.5. The van der Waals surface area contributed by atoms with Crippen LogP contribution in [0.5, 0.6) is 5.75 Å². The molecule has 7 heteroatoms. The van der Waals surface area contributed by atoms with Crippen LogP contribution in [0.3, 0.4) is 0 Å². The van der Waals surface area contributed by atoms with Crippen LogP contribution >= 0.6 is 0 Å². The Morgan fingerprint density at radius 2 is 1.81 bits per heavy atom. The molecule has 0 saturated carbocycles. The highest BCUT2D eigenvalue weighted by Crippen LogP contribution is 2.23. The highest BCUT2D eigenvalue weighted by molar-refractivity contribution is 5.92. The van der Waals surface area contributed by atoms with Crippen molar-refractivity contribution in [3.8, 4) is 17.1 Å². The van der Waals surface area contributed by atoms with E-state index in [0.717, 1.165) is 35.2 Å². The van der Waals surface area contributed by atoms with E-state index in [1.807, 2.05) is 42.5 Å². The van der Waals surface area contributed by atoms with Crippen LogP contribution in [0.25, 0.3) is 11.4 Å². The average Bonchev–Trinajstić information content (AvgIpc) is 3.16. The van der Waals surface area contributed by atoms with Crippen LogP contribution in [0.4, 0.5) is 5.69 Å². The Morgan fingerprint density at radius 3 is 2.48 bits per heavy atom. The van der Waals surface area contributed by atoms with Crippen molar-refractivity contribution in [1.82, 2.24) is 20.2 Å². The van der Waals surface area contributed by atoms with Crippen LogP contribution in [0.2, 0.25) is 0 Å². The van der Waals surface area contributed by atoms with Gasteiger partial charge in [-0.1, -0.05) is 44.2 Å². The minimum atomic E-state index is -0.180. The highest BCUT2D eigenvalue weighted by Gasteiger charge is 2.13. The monoisotopic (exact) mass is 365 g/mol. The molecule has 3 aromatic rings. The normalized spacial score (nSPS) is 10.6. The minimum absolute atomic E-state index is 0.00181. The molecule has 0 aliphatic rings. The Balaban J connectivity index is 1.73. The molecule has 2 aromatic carbocycles. The summed E-state index contributed by atoms with van der Waals surface area (Å²) in [5, 5.41) is 15.3. The van der Waals surface area contributed by atoms with Crippen LogP contribution in [-0.2, 0) is 24.2 Å². The van der Waals surface area contributed by atoms with E-state index in [0.29, 0.717) is 11.6 Å². The fourth-order valence-electron chi connectivity index (χ4n) is 2.90. The number of para-hydroxylation sites is 1. The van der Waals surface area contributed by atoms with Gasteiger partial charge in [-0.15, -0.1) is 10.2 Å². The lowest BCUT2D eigenvalue weighted by molar-refractivity contribution is -0.117. The number of aryl methyl sites for hydroxylation is 2. The molecular formula is C20H23N5O2. The maximum absolute atomic E-state index is 12.5. The Morgan fingerprint density at radius 1 is 1.11 bits per heavy atom. The van der Waals surface area contributed by atoms with Gasteiger partial charge in [-0.05, 0) is 41.3 Å². The molecule has 0 atom stereocenters. The van der Waals surface area contributed by atoms with Gasteiger partial charge in [0.05, 0.1) is 7.11 Å². The van der Waals surface area contributed by atoms with Crippen molar-refractivity contribution in [1.29, 1.82) is 0 Å². The Bertz CT molecular complexity index is 913. The first-order chi connectivity index (χ1) is 13.1. The van der Waals surface area contributed by atoms with E-state index < -0.39 is 0 Å². The van der Waals surface area contributed by atoms with E-state index in [4.69, 9.17) is 4.74 Å². The molecule has 0 unspecified atom stereocenters. The van der Waals surface area contributed by atoms with E-state index in [1.165, 1.54) is 4.80 Å². The van der Waals surface area contributed by atoms with Gasteiger partial charge >= 0.3 is 0 Å². The van der Waals surface area contributed by atoms with Crippen molar-refractivity contribution >= 4 is 11.6 Å². The van der Waals surface area contributed by atoms with Crippen LogP contribution in [0.15, 0.2) is 42.5 Å². The SMILES string of the molecule is CCc1cccc(CC)c1NC(=O)Cn1nnc(-c2cccc(OC)c2)n1. The lowest BCUT2D eigenvalue weighted by Gasteiger charge is -2.14. The second kappa shape index (κ2) is 8.44. The number of hydrogen-bond donors (Lipinski definition) is 1. The van der Waals surface area contributed by atoms with Gasteiger partial charge < -0.3 is 10.1 Å². The van der Waals surface area contributed by atoms with Crippen molar-refractivity contribution in [2.45, 2.75) is 33.2 Å². The zero-order chi connectivity index (χ0) is 19.2. The summed E-state index contributed by atoms with van der Waals surface area (Å²) in [6.07, 6.45) is 1.70. The summed E-state index contributed by atoms with van der Waals surface area (Å²) >= 11 is 0. The molecule has 1 aromatic heterocycles. The fourth-order valence-corrected chi connectivity index (χ4v) is 2.90. The highest BCUT2D eigenvalue weighted by atomic mass is 16.5. The second-order valence-corrected chi connectivity index (χ2v) is 6.08. The van der Waals surface area contributed by atoms with Crippen LogP contribution in [-0.4, -0.2) is 33.2 Å². The molecule has 7 nitrogen and oxygen atoms in total. The van der Waals surface area contributed by atoms with Crippen LogP contribution in [0.1, 0.15) is 25.0 Å². The van der Waals surface area contributed by atoms with Gasteiger partial charge in [0.15, 0.2) is 0 Å². The molecule has 140 valence electrons. The number of rotatable bonds is 7. The van der Waals surface area contributed by atoms with Gasteiger partial charge in [0.25, 0.3) is 0 Å². The summed E-state index contributed by atoms with van der Waals surface area (Å²) in [4.78, 5) is 13.8. The zero-order valence-corrected chi connectivity index (χ0v) is 15.8. The Labute approximate surface area is 158 Å². The number of nitrogens with one attached hydrogen (secondary N) is 1. The smallest absolute Gasteiger partial charge is 0.248 e. The third-order valence-corrected chi connectivity index (χ3v) is 4.33. The Hall–Kier alpha value is -3.22. The minimum Gasteiger partial charge on any atom is -0.497 e. The van der Waals surface area contributed by atoms with Crippen molar-refractivity contribution in [3.05, 3.63) is 53.6 Å². The van der Waals surface area contributed by atoms with E-state index in [9.17, 15) is 4.79 Å². The molecule has 1 N–H and O–H groups in total. The number of benzene rings is 2. The molecule has 0 fully saturated rings. The summed E-state index contributed by atoms with van der Waals surface area (Å²) in [5.41, 5.74) is 3.91. The number of anilines is 1. The number of methoxy groups -OCH3 is 1. The third kappa shape index (κ3) is 4.31. The molecular weight excluding hydrogens is 342 g/mol. The summed E-state index contributed by atoms with van der Waals surface area (Å²) in [5.74, 6) is 0.981. The van der Waals surface area contributed by atoms with Gasteiger partial charge in [-0.3, -0.25) is 4.79 Å². The fraction of sp³-hybridized carbons (Fsp3) is 0.300. The van der Waals surface area contributed by atoms with E-state index in [-0.39, 0.29) is 12.5 Å². The molecule has 1 amide bonds. The van der Waals surface area contributed by atoms with Gasteiger partial charge in [0.2, 0.25) is 11.7 Å². The molecule has 0 radical (unpaired) electrons. The molecule has 3 rings (SSSR count). The van der Waals surface area contributed by atoms with Gasteiger partial charge in [0, 0.05) is 11.3 Å². The second-order valence-electron chi connectivity index (χ2n) is 6.08. The van der Waals surface area contributed by atoms with Crippen molar-refractivity contribution in [3.63, 3.8) is 0 Å². The van der Waals surface area contributed by atoms with Crippen LogP contribution < -0.4 is 10.1 Å². The molecule has 0 spiro atoms. The van der Waals surface area contributed by atoms with Crippen molar-refractivity contribution in [2.75, 3.05) is 12.4 Å². The molecule has 0 aliphatic heterocycles. The van der Waals surface area contributed by atoms with Crippen molar-refractivity contribution < 1.29 is 9.53 Å². The summed E-state index contributed by atoms with van der Waals surface area (Å²) in [6.45, 7) is 4.14. The summed E-state index contributed by atoms with van der Waals surface area (Å²) in [6, 6.07) is 13.5. The van der Waals surface area contributed by atoms with E-state index in [1.54, 1.807) is 7.11 Å². The lowest BCUT2D eigenvalue weighted by atomic mass is 10.0. The van der Waals surface area contributed by atoms with Crippen LogP contribution in [0, 0.1) is 0 Å². The predicted octanol–water partition coefficient (Wildman–Crippen LogP) is 3.11. The average molecular weight is 365 g/mol. The summed E-state index contributed by atoms with van der Waals surface area (Å²) in [7, 11) is 1.60. The number of tetrazole rings is 1. The largest absolute Gasteiger partial charge is 0.497 e. The molecule has 27 heavy (non-hydrogen) atoms. The summed E-state index contributed by atoms with van der Waals surface area (Å²) < 4.78 is 5.21. The first kappa shape index (κ1) is 18.6. The molecule has 1 heterocycles. The number of ether oxygens (including phenoxy) is 1. The van der Waals surface area contributed by atoms with Gasteiger partial charge in [-0.25, -0.2) is 0 Å². The third-order valence-electron chi connectivity index (χ3n) is 4.33. The predicted molar refractivity (Wildman–Crippen MR) is 104 cm³/mol. The molecule has 0 bridgehead atoms. The molecule has 0 aliphatic carbocycles. The van der Waals surface area contributed by atoms with E-state index in [2.05, 4.69) is 34.6 Å². The van der Waals surface area contributed by atoms with Gasteiger partial charge in [-0.2, -0.15) is 4.80 Å². The topological polar surface area (TPSA) is 81.9 Å². The molecule has 0 saturated heterocycles. The zero-order valence-electron chi connectivity index (χ0n) is 15.8. The Kier molecular flexibility index (Phi) is 5.80. The first-order valence-electron chi connectivity index (χ1n) is 8.97. The maximum Gasteiger partial charge on any atom is 0.248 e. The lowest BCUT2D eigenvalue weighted by Crippen LogP contribution is -2.22.